The van der Waals surface area contributed by atoms with Gasteiger partial charge in [0.1, 0.15) is 11.4 Å². The van der Waals surface area contributed by atoms with Crippen LogP contribution in [0, 0.1) is 11.7 Å². The number of aryl methyl sites for hydroxylation is 1. The summed E-state index contributed by atoms with van der Waals surface area (Å²) in [4.78, 5) is 16.9. The van der Waals surface area contributed by atoms with E-state index < -0.39 is 0 Å². The van der Waals surface area contributed by atoms with E-state index in [0.29, 0.717) is 22.7 Å². The molecule has 0 spiro atoms. The van der Waals surface area contributed by atoms with Gasteiger partial charge < -0.3 is 5.32 Å². The summed E-state index contributed by atoms with van der Waals surface area (Å²) in [7, 11) is 0. The molecule has 1 aromatic carbocycles. The zero-order valence-corrected chi connectivity index (χ0v) is 14.0. The van der Waals surface area contributed by atoms with E-state index in [1.807, 2.05) is 6.20 Å². The van der Waals surface area contributed by atoms with Crippen molar-refractivity contribution in [2.24, 2.45) is 5.92 Å². The van der Waals surface area contributed by atoms with Gasteiger partial charge in [-0.25, -0.2) is 13.9 Å². The van der Waals surface area contributed by atoms with Gasteiger partial charge in [0.25, 0.3) is 5.91 Å². The van der Waals surface area contributed by atoms with Crippen molar-refractivity contribution in [3.63, 3.8) is 0 Å². The van der Waals surface area contributed by atoms with Crippen molar-refractivity contribution < 1.29 is 9.18 Å². The van der Waals surface area contributed by atoms with E-state index in [2.05, 4.69) is 22.3 Å². The molecule has 1 N–H and O–H groups in total. The molecule has 1 aliphatic rings. The molecule has 0 saturated carbocycles. The SMILES string of the molecule is CC1CCc2c(cnc3c(C(=O)NCc4ccccc4F)cnn23)C1. The van der Waals surface area contributed by atoms with Crippen molar-refractivity contribution in [1.29, 1.82) is 0 Å². The average molecular weight is 338 g/mol. The number of hydrogen-bond acceptors (Lipinski definition) is 3. The molecule has 128 valence electrons. The predicted octanol–water partition coefficient (Wildman–Crippen LogP) is 2.92. The maximum Gasteiger partial charge on any atom is 0.257 e. The highest BCUT2D eigenvalue weighted by atomic mass is 19.1. The van der Waals surface area contributed by atoms with Crippen LogP contribution < -0.4 is 5.32 Å². The zero-order valence-electron chi connectivity index (χ0n) is 14.0. The van der Waals surface area contributed by atoms with Crippen molar-refractivity contribution in [3.8, 4) is 0 Å². The number of nitrogens with zero attached hydrogens (tertiary/aromatic N) is 3. The van der Waals surface area contributed by atoms with Crippen LogP contribution in [0.3, 0.4) is 0 Å². The number of hydrogen-bond donors (Lipinski definition) is 1. The molecule has 0 radical (unpaired) electrons. The Hall–Kier alpha value is -2.76. The van der Waals surface area contributed by atoms with Crippen molar-refractivity contribution in [3.05, 3.63) is 64.9 Å². The fourth-order valence-electron chi connectivity index (χ4n) is 3.38. The summed E-state index contributed by atoms with van der Waals surface area (Å²) in [6.07, 6.45) is 6.44. The minimum absolute atomic E-state index is 0.130. The highest BCUT2D eigenvalue weighted by Gasteiger charge is 2.22. The largest absolute Gasteiger partial charge is 0.348 e. The molecular weight excluding hydrogens is 319 g/mol. The van der Waals surface area contributed by atoms with Crippen molar-refractivity contribution in [1.82, 2.24) is 19.9 Å². The Balaban J connectivity index is 1.59. The summed E-state index contributed by atoms with van der Waals surface area (Å²) in [6.45, 7) is 2.36. The Kier molecular flexibility index (Phi) is 3.95. The molecule has 2 aromatic heterocycles. The van der Waals surface area contributed by atoms with Crippen LogP contribution >= 0.6 is 0 Å². The third kappa shape index (κ3) is 2.88. The van der Waals surface area contributed by atoms with Crippen LogP contribution in [0.15, 0.2) is 36.7 Å². The molecule has 0 saturated heterocycles. The van der Waals surface area contributed by atoms with E-state index >= 15 is 0 Å². The van der Waals surface area contributed by atoms with E-state index in [1.54, 1.807) is 22.7 Å². The quantitative estimate of drug-likeness (QED) is 0.799. The number of nitrogens with one attached hydrogen (secondary N) is 1. The Morgan fingerprint density at radius 1 is 1.36 bits per heavy atom. The maximum absolute atomic E-state index is 13.7. The second-order valence-electron chi connectivity index (χ2n) is 6.65. The lowest BCUT2D eigenvalue weighted by atomic mass is 9.89. The van der Waals surface area contributed by atoms with Gasteiger partial charge in [0.05, 0.1) is 6.20 Å². The molecule has 25 heavy (non-hydrogen) atoms. The topological polar surface area (TPSA) is 59.3 Å². The number of amides is 1. The van der Waals surface area contributed by atoms with Gasteiger partial charge in [-0.2, -0.15) is 5.10 Å². The summed E-state index contributed by atoms with van der Waals surface area (Å²) >= 11 is 0. The van der Waals surface area contributed by atoms with Crippen LogP contribution in [0.4, 0.5) is 4.39 Å². The molecule has 0 aliphatic heterocycles. The second kappa shape index (κ2) is 6.27. The Bertz CT molecular complexity index is 950. The van der Waals surface area contributed by atoms with E-state index in [0.717, 1.165) is 25.0 Å². The molecule has 1 atom stereocenters. The van der Waals surface area contributed by atoms with Crippen molar-refractivity contribution in [2.45, 2.75) is 32.7 Å². The van der Waals surface area contributed by atoms with Crippen LogP contribution in [0.5, 0.6) is 0 Å². The van der Waals surface area contributed by atoms with Gasteiger partial charge in [-0.05, 0) is 36.8 Å². The molecule has 0 bridgehead atoms. The highest BCUT2D eigenvalue weighted by molar-refractivity contribution is 5.99. The van der Waals surface area contributed by atoms with Gasteiger partial charge in [0, 0.05) is 24.0 Å². The zero-order chi connectivity index (χ0) is 17.4. The summed E-state index contributed by atoms with van der Waals surface area (Å²) < 4.78 is 15.5. The Labute approximate surface area is 144 Å². The molecule has 6 heteroatoms. The summed E-state index contributed by atoms with van der Waals surface area (Å²) in [5, 5.41) is 7.12. The summed E-state index contributed by atoms with van der Waals surface area (Å²) in [5.74, 6) is 0.0182. The van der Waals surface area contributed by atoms with Crippen LogP contribution in [-0.2, 0) is 19.4 Å². The van der Waals surface area contributed by atoms with E-state index in [-0.39, 0.29) is 18.3 Å². The van der Waals surface area contributed by atoms with Crippen LogP contribution in [0.2, 0.25) is 0 Å². The number of benzene rings is 1. The van der Waals surface area contributed by atoms with Gasteiger partial charge in [0.15, 0.2) is 5.65 Å². The van der Waals surface area contributed by atoms with Crippen molar-refractivity contribution >= 4 is 11.6 Å². The third-order valence-corrected chi connectivity index (χ3v) is 4.80. The predicted molar refractivity (Wildman–Crippen MR) is 91.7 cm³/mol. The fraction of sp³-hybridized carbons (Fsp3) is 0.316. The first-order valence-corrected chi connectivity index (χ1v) is 8.49. The molecule has 4 rings (SSSR count). The van der Waals surface area contributed by atoms with Crippen LogP contribution in [0.25, 0.3) is 5.65 Å². The van der Waals surface area contributed by atoms with Gasteiger partial charge in [-0.1, -0.05) is 25.1 Å². The first-order chi connectivity index (χ1) is 12.1. The lowest BCUT2D eigenvalue weighted by molar-refractivity contribution is 0.0952. The first kappa shape index (κ1) is 15.7. The lowest BCUT2D eigenvalue weighted by Gasteiger charge is -2.21. The molecule has 1 amide bonds. The van der Waals surface area contributed by atoms with Crippen LogP contribution in [-0.4, -0.2) is 20.5 Å². The minimum atomic E-state index is -0.330. The Morgan fingerprint density at radius 2 is 2.20 bits per heavy atom. The number of fused-ring (bicyclic) bond motifs is 3. The monoisotopic (exact) mass is 338 g/mol. The molecule has 5 nitrogen and oxygen atoms in total. The number of halogens is 1. The molecule has 2 heterocycles. The van der Waals surface area contributed by atoms with Crippen molar-refractivity contribution in [2.75, 3.05) is 0 Å². The smallest absolute Gasteiger partial charge is 0.257 e. The van der Waals surface area contributed by atoms with Gasteiger partial charge in [-0.3, -0.25) is 4.79 Å². The number of carbonyl (C=O) groups excluding carboxylic acids is 1. The molecule has 1 unspecified atom stereocenters. The summed E-state index contributed by atoms with van der Waals surface area (Å²) in [5.41, 5.74) is 3.76. The van der Waals surface area contributed by atoms with Crippen LogP contribution in [0.1, 0.15) is 40.5 Å². The van der Waals surface area contributed by atoms with E-state index in [1.165, 1.54) is 17.8 Å². The molecule has 0 fully saturated rings. The van der Waals surface area contributed by atoms with Gasteiger partial charge in [0.2, 0.25) is 0 Å². The Morgan fingerprint density at radius 3 is 3.04 bits per heavy atom. The standard InChI is InChI=1S/C19H19FN4O/c1-12-6-7-17-14(8-12)10-21-18-15(11-23-24(17)18)19(25)22-9-13-4-2-3-5-16(13)20/h2-5,10-12H,6-9H2,1H3,(H,22,25). The minimum Gasteiger partial charge on any atom is -0.348 e. The first-order valence-electron chi connectivity index (χ1n) is 8.49. The summed E-state index contributed by atoms with van der Waals surface area (Å²) in [6, 6.07) is 6.40. The van der Waals surface area contributed by atoms with E-state index in [4.69, 9.17) is 0 Å². The lowest BCUT2D eigenvalue weighted by Crippen LogP contribution is -2.23. The van der Waals surface area contributed by atoms with Gasteiger partial charge >= 0.3 is 0 Å². The maximum atomic E-state index is 13.7. The molecular formula is C19H19FN4O. The number of rotatable bonds is 3. The normalized spacial score (nSPS) is 16.6. The second-order valence-corrected chi connectivity index (χ2v) is 6.65. The molecule has 1 aliphatic carbocycles. The average Bonchev–Trinajstić information content (AvgIpc) is 3.05. The fourth-order valence-corrected chi connectivity index (χ4v) is 3.38. The van der Waals surface area contributed by atoms with Gasteiger partial charge in [-0.15, -0.1) is 0 Å². The highest BCUT2D eigenvalue weighted by Crippen LogP contribution is 2.25. The number of carbonyl (C=O) groups is 1. The molecule has 3 aromatic rings. The third-order valence-electron chi connectivity index (χ3n) is 4.80. The number of aromatic nitrogens is 3. The van der Waals surface area contributed by atoms with E-state index in [9.17, 15) is 9.18 Å².